The molecule has 0 fully saturated rings. The predicted molar refractivity (Wildman–Crippen MR) is 96.8 cm³/mol. The van der Waals surface area contributed by atoms with Crippen LogP contribution < -0.4 is 0 Å². The minimum absolute atomic E-state index is 0.0776. The zero-order chi connectivity index (χ0) is 17.5. The predicted octanol–water partition coefficient (Wildman–Crippen LogP) is 5.16. The summed E-state index contributed by atoms with van der Waals surface area (Å²) >= 11 is 0. The Morgan fingerprint density at radius 1 is 1.17 bits per heavy atom. The topological polar surface area (TPSA) is 49.7 Å². The van der Waals surface area contributed by atoms with Crippen LogP contribution in [-0.2, 0) is 4.79 Å². The van der Waals surface area contributed by atoms with Gasteiger partial charge in [-0.15, -0.1) is 0 Å². The molecule has 1 aliphatic rings. The van der Waals surface area contributed by atoms with E-state index in [1.807, 2.05) is 39.0 Å². The van der Waals surface area contributed by atoms with Crippen molar-refractivity contribution in [2.75, 3.05) is 0 Å². The highest BCUT2D eigenvalue weighted by Gasteiger charge is 2.29. The Bertz CT molecular complexity index is 626. The molecule has 0 spiro atoms. The largest absolute Gasteiger partial charge is 0.411 e. The van der Waals surface area contributed by atoms with E-state index < -0.39 is 0 Å². The number of carbonyl (C=O) groups excluding carboxylic acids is 1. The quantitative estimate of drug-likeness (QED) is 0.251. The van der Waals surface area contributed by atoms with Crippen LogP contribution in [0.3, 0.4) is 0 Å². The minimum atomic E-state index is 0.0776. The van der Waals surface area contributed by atoms with Crippen LogP contribution in [0.1, 0.15) is 47.5 Å². The first-order chi connectivity index (χ1) is 10.8. The molecule has 0 aromatic heterocycles. The molecule has 1 rings (SSSR count). The number of nitrogens with zero attached hydrogens (tertiary/aromatic N) is 1. The van der Waals surface area contributed by atoms with Crippen LogP contribution in [0.4, 0.5) is 0 Å². The molecule has 0 aromatic carbocycles. The zero-order valence-corrected chi connectivity index (χ0v) is 14.8. The van der Waals surface area contributed by atoms with Crippen molar-refractivity contribution in [2.45, 2.75) is 47.5 Å². The first-order valence-electron chi connectivity index (χ1n) is 7.89. The van der Waals surface area contributed by atoms with Crippen LogP contribution in [0, 0.1) is 5.41 Å². The van der Waals surface area contributed by atoms with Crippen molar-refractivity contribution in [1.82, 2.24) is 0 Å². The average molecular weight is 313 g/mol. The summed E-state index contributed by atoms with van der Waals surface area (Å²) in [6, 6.07) is 0. The fourth-order valence-electron chi connectivity index (χ4n) is 2.68. The molecule has 0 saturated heterocycles. The smallest absolute Gasteiger partial charge is 0.143 e. The number of hydrogen-bond donors (Lipinski definition) is 1. The molecule has 0 aliphatic heterocycles. The van der Waals surface area contributed by atoms with Gasteiger partial charge in [0.25, 0.3) is 0 Å². The average Bonchev–Trinajstić information content (AvgIpc) is 2.47. The second kappa shape index (κ2) is 8.47. The lowest BCUT2D eigenvalue weighted by molar-refractivity contribution is -0.104. The fraction of sp³-hybridized carbons (Fsp3) is 0.400. The van der Waals surface area contributed by atoms with Crippen molar-refractivity contribution in [3.05, 3.63) is 58.7 Å². The molecule has 3 heteroatoms. The molecular weight excluding hydrogens is 286 g/mol. The molecule has 0 radical (unpaired) electrons. The number of allylic oxidation sites excluding steroid dienone is 10. The van der Waals surface area contributed by atoms with Crippen LogP contribution >= 0.6 is 0 Å². The minimum Gasteiger partial charge on any atom is -0.411 e. The molecule has 1 N–H and O–H groups in total. The molecule has 0 unspecified atom stereocenters. The van der Waals surface area contributed by atoms with E-state index in [-0.39, 0.29) is 5.41 Å². The summed E-state index contributed by atoms with van der Waals surface area (Å²) in [5.74, 6) is 0. The van der Waals surface area contributed by atoms with Crippen LogP contribution in [0.15, 0.2) is 63.9 Å². The van der Waals surface area contributed by atoms with Crippen molar-refractivity contribution in [3.8, 4) is 0 Å². The van der Waals surface area contributed by atoms with Crippen molar-refractivity contribution in [3.63, 3.8) is 0 Å². The van der Waals surface area contributed by atoms with Gasteiger partial charge in [-0.3, -0.25) is 4.79 Å². The fourth-order valence-corrected chi connectivity index (χ4v) is 2.68. The summed E-state index contributed by atoms with van der Waals surface area (Å²) in [5, 5.41) is 12.5. The van der Waals surface area contributed by atoms with Crippen LogP contribution in [0.2, 0.25) is 0 Å². The van der Waals surface area contributed by atoms with Gasteiger partial charge in [0, 0.05) is 0 Å². The zero-order valence-electron chi connectivity index (χ0n) is 14.8. The lowest BCUT2D eigenvalue weighted by Gasteiger charge is -2.33. The van der Waals surface area contributed by atoms with Gasteiger partial charge in [-0.25, -0.2) is 0 Å². The van der Waals surface area contributed by atoms with E-state index in [1.54, 1.807) is 0 Å². The van der Waals surface area contributed by atoms with Gasteiger partial charge in [0.1, 0.15) is 6.29 Å². The van der Waals surface area contributed by atoms with Gasteiger partial charge in [0.05, 0.1) is 5.71 Å². The lowest BCUT2D eigenvalue weighted by Crippen LogP contribution is -2.24. The molecule has 1 aliphatic carbocycles. The third-order valence-electron chi connectivity index (χ3n) is 4.24. The summed E-state index contributed by atoms with van der Waals surface area (Å²) in [6.45, 7) is 10.4. The Hall–Kier alpha value is -2.16. The highest BCUT2D eigenvalue weighted by molar-refractivity contribution is 6.01. The molecule has 0 bridgehead atoms. The number of hydrogen-bond acceptors (Lipinski definition) is 3. The van der Waals surface area contributed by atoms with E-state index in [2.05, 4.69) is 31.2 Å². The Morgan fingerprint density at radius 2 is 1.83 bits per heavy atom. The molecular formula is C20H27NO2. The van der Waals surface area contributed by atoms with Crippen LogP contribution in [0.5, 0.6) is 0 Å². The number of aldehydes is 1. The van der Waals surface area contributed by atoms with Crippen molar-refractivity contribution >= 4 is 12.0 Å². The molecule has 23 heavy (non-hydrogen) atoms. The number of carbonyl (C=O) groups is 1. The highest BCUT2D eigenvalue weighted by atomic mass is 16.4. The maximum absolute atomic E-state index is 10.4. The maximum Gasteiger partial charge on any atom is 0.143 e. The molecule has 0 saturated carbocycles. The molecule has 0 heterocycles. The summed E-state index contributed by atoms with van der Waals surface area (Å²) in [4.78, 5) is 10.4. The van der Waals surface area contributed by atoms with Gasteiger partial charge in [-0.2, -0.15) is 0 Å². The molecule has 124 valence electrons. The van der Waals surface area contributed by atoms with Gasteiger partial charge >= 0.3 is 0 Å². The van der Waals surface area contributed by atoms with Crippen molar-refractivity contribution in [1.29, 1.82) is 0 Å². The highest BCUT2D eigenvalue weighted by Crippen LogP contribution is 2.39. The summed E-state index contributed by atoms with van der Waals surface area (Å²) < 4.78 is 0. The normalized spacial score (nSPS) is 21.7. The van der Waals surface area contributed by atoms with Gasteiger partial charge in [0.2, 0.25) is 0 Å². The summed E-state index contributed by atoms with van der Waals surface area (Å²) in [5.41, 5.74) is 5.17. The molecule has 0 aromatic rings. The van der Waals surface area contributed by atoms with Gasteiger partial charge in [-0.05, 0) is 61.8 Å². The summed E-state index contributed by atoms with van der Waals surface area (Å²) in [6.07, 6.45) is 14.1. The van der Waals surface area contributed by atoms with E-state index in [4.69, 9.17) is 5.21 Å². The summed E-state index contributed by atoms with van der Waals surface area (Å²) in [7, 11) is 0. The van der Waals surface area contributed by atoms with Crippen LogP contribution in [0.25, 0.3) is 0 Å². The Labute approximate surface area is 139 Å². The monoisotopic (exact) mass is 313 g/mol. The first-order valence-corrected chi connectivity index (χ1v) is 7.89. The third kappa shape index (κ3) is 5.51. The van der Waals surface area contributed by atoms with E-state index in [0.717, 1.165) is 41.6 Å². The molecule has 3 nitrogen and oxygen atoms in total. The van der Waals surface area contributed by atoms with Gasteiger partial charge in [-0.1, -0.05) is 55.0 Å². The second-order valence-electron chi connectivity index (χ2n) is 6.62. The lowest BCUT2D eigenvalue weighted by atomic mass is 9.72. The van der Waals surface area contributed by atoms with E-state index in [1.165, 1.54) is 11.6 Å². The molecule has 0 amide bonds. The Balaban J connectivity index is 2.97. The van der Waals surface area contributed by atoms with Crippen LogP contribution in [-0.4, -0.2) is 17.2 Å². The number of rotatable bonds is 5. The van der Waals surface area contributed by atoms with E-state index in [9.17, 15) is 4.79 Å². The van der Waals surface area contributed by atoms with E-state index >= 15 is 0 Å². The first kappa shape index (κ1) is 18.9. The van der Waals surface area contributed by atoms with Gasteiger partial charge < -0.3 is 5.21 Å². The maximum atomic E-state index is 10.4. The van der Waals surface area contributed by atoms with Gasteiger partial charge in [0.15, 0.2) is 0 Å². The van der Waals surface area contributed by atoms with Crippen molar-refractivity contribution < 1.29 is 10.0 Å². The second-order valence-corrected chi connectivity index (χ2v) is 6.62. The Morgan fingerprint density at radius 3 is 2.43 bits per heavy atom. The SMILES string of the molecule is CC1=C(/C=C/C(C)=C/C=C/C(C)=C/C=O)C(C)(C)CC/C1=N\O. The van der Waals surface area contributed by atoms with E-state index in [0.29, 0.717) is 0 Å². The Kier molecular flexibility index (Phi) is 6.95. The van der Waals surface area contributed by atoms with Crippen molar-refractivity contribution in [2.24, 2.45) is 10.6 Å². The standard InChI is InChI=1S/C20H27NO2/c1-15(7-6-8-16(2)12-14-22)9-10-18-17(3)19(21-23)11-13-20(18,4)5/h6-10,12,14,23H,11,13H2,1-5H3/b8-6+,10-9+,15-7+,16-12+,21-19+. The third-order valence-corrected chi connectivity index (χ3v) is 4.24. The molecule has 0 atom stereocenters. The number of oxime groups is 1.